The number of hydrazone groups is 1. The predicted octanol–water partition coefficient (Wildman–Crippen LogP) is 1.35. The van der Waals surface area contributed by atoms with Gasteiger partial charge in [0.2, 0.25) is 24.4 Å². The number of hydrogen-bond acceptors (Lipinski definition) is 9. The second-order valence-corrected chi connectivity index (χ2v) is 8.21. The summed E-state index contributed by atoms with van der Waals surface area (Å²) >= 11 is 0. The number of benzene rings is 1. The summed E-state index contributed by atoms with van der Waals surface area (Å²) in [5.41, 5.74) is 1.21. The van der Waals surface area contributed by atoms with Crippen molar-refractivity contribution in [1.29, 1.82) is 0 Å². The summed E-state index contributed by atoms with van der Waals surface area (Å²) in [6.45, 7) is 6.33. The molecule has 1 aromatic carbocycles. The van der Waals surface area contributed by atoms with Gasteiger partial charge in [-0.3, -0.25) is 14.5 Å². The van der Waals surface area contributed by atoms with Crippen LogP contribution in [0.1, 0.15) is 32.1 Å². The van der Waals surface area contributed by atoms with E-state index in [9.17, 15) is 9.59 Å². The zero-order valence-corrected chi connectivity index (χ0v) is 18.5. The van der Waals surface area contributed by atoms with E-state index in [-0.39, 0.29) is 37.5 Å². The van der Waals surface area contributed by atoms with Gasteiger partial charge < -0.3 is 18.9 Å². The molecule has 1 fully saturated rings. The third-order valence-electron chi connectivity index (χ3n) is 5.96. The molecule has 1 aromatic heterocycles. The summed E-state index contributed by atoms with van der Waals surface area (Å²) < 4.78 is 16.1. The molecule has 0 bridgehead atoms. The van der Waals surface area contributed by atoms with Crippen LogP contribution in [0.3, 0.4) is 0 Å². The fourth-order valence-corrected chi connectivity index (χ4v) is 4.14. The van der Waals surface area contributed by atoms with Crippen LogP contribution in [0.2, 0.25) is 0 Å². The Morgan fingerprint density at radius 1 is 1.09 bits per heavy atom. The van der Waals surface area contributed by atoms with Gasteiger partial charge in [-0.05, 0) is 31.2 Å². The summed E-state index contributed by atoms with van der Waals surface area (Å²) in [6.07, 6.45) is 1.71. The molecule has 11 nitrogen and oxygen atoms in total. The molecule has 0 spiro atoms. The number of piperazine rings is 1. The number of nitrogens with zero attached hydrogens (tertiary/aromatic N) is 6. The van der Waals surface area contributed by atoms with Crippen molar-refractivity contribution in [3.63, 3.8) is 0 Å². The van der Waals surface area contributed by atoms with Crippen molar-refractivity contribution in [1.82, 2.24) is 24.9 Å². The molecule has 2 amide bonds. The van der Waals surface area contributed by atoms with Crippen molar-refractivity contribution in [3.8, 4) is 22.9 Å². The van der Waals surface area contributed by atoms with Gasteiger partial charge in [0.05, 0.1) is 0 Å². The van der Waals surface area contributed by atoms with Gasteiger partial charge in [-0.1, -0.05) is 12.1 Å². The highest BCUT2D eigenvalue weighted by Crippen LogP contribution is 2.35. The topological polar surface area (TPSA) is 114 Å². The lowest BCUT2D eigenvalue weighted by Crippen LogP contribution is -2.51. The van der Waals surface area contributed by atoms with Crippen LogP contribution in [0, 0.1) is 0 Å². The SMILES string of the molecule is CCCN1CCN(C(=O)CN2N=C(c3nc(-c4ccc5c(c4)OCO5)no3)CCC2=O)CC1. The summed E-state index contributed by atoms with van der Waals surface area (Å²) in [6, 6.07) is 5.40. The van der Waals surface area contributed by atoms with Crippen molar-refractivity contribution >= 4 is 17.5 Å². The first kappa shape index (κ1) is 21.4. The maximum absolute atomic E-state index is 12.8. The van der Waals surface area contributed by atoms with E-state index >= 15 is 0 Å². The number of amides is 2. The number of carbonyl (C=O) groups is 2. The van der Waals surface area contributed by atoms with Gasteiger partial charge in [0.1, 0.15) is 12.3 Å². The Kier molecular flexibility index (Phi) is 5.95. The Bertz CT molecular complexity index is 1070. The number of aromatic nitrogens is 2. The molecule has 0 unspecified atom stereocenters. The maximum atomic E-state index is 12.8. The molecule has 4 heterocycles. The van der Waals surface area contributed by atoms with Gasteiger partial charge in [-0.15, -0.1) is 0 Å². The molecular formula is C22H26N6O5. The van der Waals surface area contributed by atoms with Crippen LogP contribution in [-0.4, -0.2) is 88.5 Å². The summed E-state index contributed by atoms with van der Waals surface area (Å²) in [5.74, 6) is 1.63. The van der Waals surface area contributed by atoms with E-state index in [0.717, 1.165) is 31.6 Å². The minimum absolute atomic E-state index is 0.0841. The van der Waals surface area contributed by atoms with Crippen molar-refractivity contribution in [2.24, 2.45) is 5.10 Å². The Morgan fingerprint density at radius 3 is 2.73 bits per heavy atom. The fraction of sp³-hybridized carbons (Fsp3) is 0.500. The average Bonchev–Trinajstić information content (AvgIpc) is 3.50. The minimum Gasteiger partial charge on any atom is -0.454 e. The van der Waals surface area contributed by atoms with Crippen LogP contribution in [0.15, 0.2) is 27.8 Å². The molecule has 174 valence electrons. The van der Waals surface area contributed by atoms with Gasteiger partial charge in [-0.2, -0.15) is 10.1 Å². The third-order valence-corrected chi connectivity index (χ3v) is 5.96. The minimum atomic E-state index is -0.188. The first-order chi connectivity index (χ1) is 16.1. The van der Waals surface area contributed by atoms with E-state index in [1.54, 1.807) is 17.0 Å². The van der Waals surface area contributed by atoms with Crippen LogP contribution < -0.4 is 9.47 Å². The van der Waals surface area contributed by atoms with E-state index < -0.39 is 0 Å². The Morgan fingerprint density at radius 2 is 1.91 bits per heavy atom. The molecule has 0 saturated carbocycles. The van der Waals surface area contributed by atoms with Gasteiger partial charge in [0, 0.05) is 44.6 Å². The normalized spacial score (nSPS) is 18.6. The molecule has 0 radical (unpaired) electrons. The summed E-state index contributed by atoms with van der Waals surface area (Å²) in [4.78, 5) is 33.8. The molecule has 2 aromatic rings. The maximum Gasteiger partial charge on any atom is 0.274 e. The summed E-state index contributed by atoms with van der Waals surface area (Å²) in [5, 5.41) is 9.65. The number of ether oxygens (including phenoxy) is 2. The molecule has 0 atom stereocenters. The molecule has 33 heavy (non-hydrogen) atoms. The third kappa shape index (κ3) is 4.54. The quantitative estimate of drug-likeness (QED) is 0.643. The average molecular weight is 454 g/mol. The second kappa shape index (κ2) is 9.18. The lowest BCUT2D eigenvalue weighted by atomic mass is 10.1. The fourth-order valence-electron chi connectivity index (χ4n) is 4.14. The van der Waals surface area contributed by atoms with Crippen molar-refractivity contribution in [2.45, 2.75) is 26.2 Å². The molecule has 0 aliphatic carbocycles. The van der Waals surface area contributed by atoms with Gasteiger partial charge in [0.25, 0.3) is 5.89 Å². The Hall–Kier alpha value is -3.47. The van der Waals surface area contributed by atoms with Crippen molar-refractivity contribution in [2.75, 3.05) is 46.1 Å². The largest absolute Gasteiger partial charge is 0.454 e. The second-order valence-electron chi connectivity index (χ2n) is 8.21. The van der Waals surface area contributed by atoms with Crippen LogP contribution in [0.5, 0.6) is 11.5 Å². The van der Waals surface area contributed by atoms with E-state index in [2.05, 4.69) is 27.1 Å². The van der Waals surface area contributed by atoms with E-state index in [1.165, 1.54) is 5.01 Å². The Balaban J connectivity index is 1.26. The number of fused-ring (bicyclic) bond motifs is 1. The number of rotatable bonds is 6. The first-order valence-corrected chi connectivity index (χ1v) is 11.2. The standard InChI is InChI=1S/C22H26N6O5/c1-2-7-26-8-10-27(11-9-26)20(30)13-28-19(29)6-4-16(24-28)22-23-21(25-33-22)15-3-5-17-18(12-15)32-14-31-17/h3,5,12H,2,4,6-11,13-14H2,1H3. The zero-order chi connectivity index (χ0) is 22.8. The molecule has 1 saturated heterocycles. The highest BCUT2D eigenvalue weighted by atomic mass is 16.7. The zero-order valence-electron chi connectivity index (χ0n) is 18.5. The molecule has 3 aliphatic rings. The predicted molar refractivity (Wildman–Crippen MR) is 117 cm³/mol. The number of hydrogen-bond donors (Lipinski definition) is 0. The van der Waals surface area contributed by atoms with E-state index in [1.807, 2.05) is 6.07 Å². The molecular weight excluding hydrogens is 428 g/mol. The highest BCUT2D eigenvalue weighted by Gasteiger charge is 2.29. The van der Waals surface area contributed by atoms with Crippen LogP contribution in [-0.2, 0) is 9.59 Å². The highest BCUT2D eigenvalue weighted by molar-refractivity contribution is 6.01. The molecule has 3 aliphatic heterocycles. The smallest absolute Gasteiger partial charge is 0.274 e. The molecule has 0 N–H and O–H groups in total. The van der Waals surface area contributed by atoms with E-state index in [0.29, 0.717) is 42.5 Å². The van der Waals surface area contributed by atoms with Crippen molar-refractivity contribution in [3.05, 3.63) is 24.1 Å². The van der Waals surface area contributed by atoms with Crippen LogP contribution >= 0.6 is 0 Å². The van der Waals surface area contributed by atoms with Gasteiger partial charge in [-0.25, -0.2) is 5.01 Å². The monoisotopic (exact) mass is 454 g/mol. The molecule has 5 rings (SSSR count). The summed E-state index contributed by atoms with van der Waals surface area (Å²) in [7, 11) is 0. The van der Waals surface area contributed by atoms with E-state index in [4.69, 9.17) is 14.0 Å². The van der Waals surface area contributed by atoms with Gasteiger partial charge in [0.15, 0.2) is 11.5 Å². The lowest BCUT2D eigenvalue weighted by Gasteiger charge is -2.35. The van der Waals surface area contributed by atoms with Gasteiger partial charge >= 0.3 is 0 Å². The lowest BCUT2D eigenvalue weighted by molar-refractivity contribution is -0.141. The van der Waals surface area contributed by atoms with Crippen LogP contribution in [0.4, 0.5) is 0 Å². The van der Waals surface area contributed by atoms with Crippen molar-refractivity contribution < 1.29 is 23.6 Å². The number of carbonyl (C=O) groups excluding carboxylic acids is 2. The van der Waals surface area contributed by atoms with Crippen LogP contribution in [0.25, 0.3) is 11.4 Å². The molecule has 11 heteroatoms. The Labute approximate surface area is 190 Å². The first-order valence-electron chi connectivity index (χ1n) is 11.2.